The number of alkyl halides is 2. The van der Waals surface area contributed by atoms with Crippen LogP contribution in [-0.4, -0.2) is 45.4 Å². The van der Waals surface area contributed by atoms with Crippen LogP contribution in [0.5, 0.6) is 17.2 Å². The van der Waals surface area contributed by atoms with Crippen molar-refractivity contribution >= 4 is 5.96 Å². The summed E-state index contributed by atoms with van der Waals surface area (Å²) < 4.78 is 40.8. The van der Waals surface area contributed by atoms with Crippen LogP contribution in [0, 0.1) is 0 Å². The Hall–Kier alpha value is -3.07. The average molecular weight is 420 g/mol. The van der Waals surface area contributed by atoms with Gasteiger partial charge in [0, 0.05) is 38.3 Å². The number of nitrogens with zero attached hydrogens (tertiary/aromatic N) is 2. The molecular weight excluding hydrogens is 394 g/mol. The maximum Gasteiger partial charge on any atom is 0.387 e. The van der Waals surface area contributed by atoms with Crippen molar-refractivity contribution in [1.29, 1.82) is 0 Å². The lowest BCUT2D eigenvalue weighted by molar-refractivity contribution is -0.0505. The second kappa shape index (κ2) is 10.1. The lowest BCUT2D eigenvalue weighted by Gasteiger charge is -2.16. The molecule has 1 heterocycles. The van der Waals surface area contributed by atoms with Crippen LogP contribution in [0.15, 0.2) is 41.4 Å². The van der Waals surface area contributed by atoms with Crippen LogP contribution in [0.1, 0.15) is 16.7 Å². The number of benzene rings is 2. The zero-order valence-electron chi connectivity index (χ0n) is 17.2. The zero-order valence-corrected chi connectivity index (χ0v) is 17.2. The largest absolute Gasteiger partial charge is 0.454 e. The van der Waals surface area contributed by atoms with Crippen LogP contribution in [0.3, 0.4) is 0 Å². The van der Waals surface area contributed by atoms with Crippen LogP contribution < -0.4 is 24.8 Å². The fraction of sp³-hybridized carbons (Fsp3) is 0.381. The first-order valence-electron chi connectivity index (χ1n) is 9.49. The van der Waals surface area contributed by atoms with Gasteiger partial charge in [0.1, 0.15) is 5.75 Å². The fourth-order valence-corrected chi connectivity index (χ4v) is 3.10. The summed E-state index contributed by atoms with van der Waals surface area (Å²) in [5.41, 5.74) is 2.84. The molecule has 0 bridgehead atoms. The Bertz CT molecular complexity index is 891. The molecule has 7 nitrogen and oxygen atoms in total. The zero-order chi connectivity index (χ0) is 21.5. The Kier molecular flexibility index (Phi) is 7.29. The van der Waals surface area contributed by atoms with Gasteiger partial charge in [-0.3, -0.25) is 4.99 Å². The first kappa shape index (κ1) is 21.6. The molecule has 9 heteroatoms. The van der Waals surface area contributed by atoms with Crippen LogP contribution in [0.4, 0.5) is 8.78 Å². The van der Waals surface area contributed by atoms with E-state index < -0.39 is 6.61 Å². The van der Waals surface area contributed by atoms with Gasteiger partial charge < -0.3 is 29.7 Å². The Morgan fingerprint density at radius 2 is 1.80 bits per heavy atom. The van der Waals surface area contributed by atoms with E-state index in [0.717, 1.165) is 12.1 Å². The normalized spacial score (nSPS) is 13.1. The molecule has 0 saturated carbocycles. The maximum atomic E-state index is 12.8. The van der Waals surface area contributed by atoms with E-state index in [9.17, 15) is 8.78 Å². The number of rotatable bonds is 8. The maximum absolute atomic E-state index is 12.8. The number of guanidine groups is 1. The quantitative estimate of drug-likeness (QED) is 0.506. The van der Waals surface area contributed by atoms with Crippen molar-refractivity contribution in [2.45, 2.75) is 26.2 Å². The molecule has 1 aliphatic rings. The molecule has 2 aromatic rings. The summed E-state index contributed by atoms with van der Waals surface area (Å²) in [7, 11) is 5.70. The summed E-state index contributed by atoms with van der Waals surface area (Å²) in [4.78, 5) is 6.30. The highest BCUT2D eigenvalue weighted by atomic mass is 19.3. The summed E-state index contributed by atoms with van der Waals surface area (Å²) in [6, 6.07) is 11.3. The summed E-state index contributed by atoms with van der Waals surface area (Å²) >= 11 is 0. The predicted molar refractivity (Wildman–Crippen MR) is 110 cm³/mol. The van der Waals surface area contributed by atoms with Crippen LogP contribution >= 0.6 is 0 Å². The molecule has 30 heavy (non-hydrogen) atoms. The van der Waals surface area contributed by atoms with Crippen molar-refractivity contribution < 1.29 is 23.0 Å². The lowest BCUT2D eigenvalue weighted by Crippen LogP contribution is -2.36. The molecule has 0 unspecified atom stereocenters. The monoisotopic (exact) mass is 420 g/mol. The smallest absolute Gasteiger partial charge is 0.387 e. The standard InChI is InChI=1S/C21H26F2N4O3/c1-24-21(25-10-14-5-4-6-15(7-14)12-27(2)3)26-11-16-8-18-19(29-13-28-18)9-17(16)30-20(22)23/h4-9,20H,10-13H2,1-3H3,(H2,24,25,26). The molecule has 0 atom stereocenters. The van der Waals surface area contributed by atoms with Crippen LogP contribution in [-0.2, 0) is 19.6 Å². The van der Waals surface area contributed by atoms with Crippen molar-refractivity contribution in [3.63, 3.8) is 0 Å². The second-order valence-corrected chi connectivity index (χ2v) is 7.03. The third-order valence-corrected chi connectivity index (χ3v) is 4.39. The lowest BCUT2D eigenvalue weighted by atomic mass is 10.1. The van der Waals surface area contributed by atoms with E-state index in [2.05, 4.69) is 37.4 Å². The Labute approximate surface area is 174 Å². The third-order valence-electron chi connectivity index (χ3n) is 4.39. The van der Waals surface area contributed by atoms with E-state index in [1.165, 1.54) is 11.6 Å². The molecule has 0 radical (unpaired) electrons. The van der Waals surface area contributed by atoms with Crippen molar-refractivity contribution in [3.05, 3.63) is 53.1 Å². The van der Waals surface area contributed by atoms with Crippen LogP contribution in [0.25, 0.3) is 0 Å². The molecule has 0 saturated heterocycles. The summed E-state index contributed by atoms with van der Waals surface area (Å²) in [6.45, 7) is -1.23. The molecule has 0 spiro atoms. The van der Waals surface area contributed by atoms with Gasteiger partial charge in [-0.05, 0) is 31.3 Å². The molecule has 0 aromatic heterocycles. The second-order valence-electron chi connectivity index (χ2n) is 7.03. The van der Waals surface area contributed by atoms with Crippen molar-refractivity contribution in [3.8, 4) is 17.2 Å². The number of halogens is 2. The van der Waals surface area contributed by atoms with E-state index in [-0.39, 0.29) is 19.1 Å². The number of aliphatic imine (C=N–C) groups is 1. The highest BCUT2D eigenvalue weighted by molar-refractivity contribution is 5.79. The van der Waals surface area contributed by atoms with Gasteiger partial charge in [0.15, 0.2) is 17.5 Å². The molecule has 0 fully saturated rings. The van der Waals surface area contributed by atoms with Gasteiger partial charge in [0.25, 0.3) is 0 Å². The summed E-state index contributed by atoms with van der Waals surface area (Å²) in [5.74, 6) is 1.45. The van der Waals surface area contributed by atoms with Crippen molar-refractivity contribution in [2.75, 3.05) is 27.9 Å². The summed E-state index contributed by atoms with van der Waals surface area (Å²) in [6.07, 6.45) is 0. The fourth-order valence-electron chi connectivity index (χ4n) is 3.10. The van der Waals surface area contributed by atoms with E-state index in [4.69, 9.17) is 9.47 Å². The molecule has 2 N–H and O–H groups in total. The predicted octanol–water partition coefficient (Wildman–Crippen LogP) is 2.94. The number of ether oxygens (including phenoxy) is 3. The minimum atomic E-state index is -2.93. The minimum absolute atomic E-state index is 0.0357. The molecule has 0 amide bonds. The number of nitrogens with one attached hydrogen (secondary N) is 2. The minimum Gasteiger partial charge on any atom is -0.454 e. The van der Waals surface area contributed by atoms with E-state index in [1.807, 2.05) is 26.2 Å². The number of hydrogen-bond acceptors (Lipinski definition) is 5. The van der Waals surface area contributed by atoms with Gasteiger partial charge >= 0.3 is 6.61 Å². The van der Waals surface area contributed by atoms with E-state index in [0.29, 0.717) is 29.6 Å². The first-order valence-corrected chi connectivity index (χ1v) is 9.49. The van der Waals surface area contributed by atoms with Gasteiger partial charge in [-0.2, -0.15) is 8.78 Å². The van der Waals surface area contributed by atoms with E-state index in [1.54, 1.807) is 13.1 Å². The molecular formula is C21H26F2N4O3. The SMILES string of the molecule is CN=C(NCc1cccc(CN(C)C)c1)NCc1cc2c(cc1OC(F)F)OCO2. The van der Waals surface area contributed by atoms with Gasteiger partial charge in [0.2, 0.25) is 6.79 Å². The Balaban J connectivity index is 1.62. The molecule has 1 aliphatic heterocycles. The van der Waals surface area contributed by atoms with Crippen molar-refractivity contribution in [1.82, 2.24) is 15.5 Å². The van der Waals surface area contributed by atoms with E-state index >= 15 is 0 Å². The van der Waals surface area contributed by atoms with Gasteiger partial charge in [-0.25, -0.2) is 0 Å². The molecule has 3 rings (SSSR count). The third kappa shape index (κ3) is 5.96. The summed E-state index contributed by atoms with van der Waals surface area (Å²) in [5, 5.41) is 6.35. The number of hydrogen-bond donors (Lipinski definition) is 2. The topological polar surface area (TPSA) is 67.4 Å². The van der Waals surface area contributed by atoms with Gasteiger partial charge in [-0.15, -0.1) is 0 Å². The first-order chi connectivity index (χ1) is 14.4. The van der Waals surface area contributed by atoms with Gasteiger partial charge in [-0.1, -0.05) is 24.3 Å². The highest BCUT2D eigenvalue weighted by Crippen LogP contribution is 2.38. The van der Waals surface area contributed by atoms with Crippen LogP contribution in [0.2, 0.25) is 0 Å². The molecule has 0 aliphatic carbocycles. The Morgan fingerprint density at radius 1 is 1.10 bits per heavy atom. The highest BCUT2D eigenvalue weighted by Gasteiger charge is 2.20. The average Bonchev–Trinajstić information content (AvgIpc) is 3.14. The number of fused-ring (bicyclic) bond motifs is 1. The molecule has 162 valence electrons. The van der Waals surface area contributed by atoms with Gasteiger partial charge in [0.05, 0.1) is 0 Å². The molecule has 2 aromatic carbocycles. The Morgan fingerprint density at radius 3 is 2.50 bits per heavy atom. The van der Waals surface area contributed by atoms with Crippen molar-refractivity contribution in [2.24, 2.45) is 4.99 Å².